The normalized spacial score (nSPS) is 11.2. The van der Waals surface area contributed by atoms with Crippen LogP contribution in [0.3, 0.4) is 0 Å². The number of hydrogen-bond acceptors (Lipinski definition) is 2. The van der Waals surface area contributed by atoms with Crippen LogP contribution in [0.2, 0.25) is 0 Å². The first-order valence-electron chi connectivity index (χ1n) is 5.31. The molecule has 0 aliphatic carbocycles. The summed E-state index contributed by atoms with van der Waals surface area (Å²) in [4.78, 5) is 4.59. The number of pyridine rings is 1. The van der Waals surface area contributed by atoms with Gasteiger partial charge in [0.15, 0.2) is 0 Å². The topological polar surface area (TPSA) is 38.9 Å². The molecule has 0 aliphatic heterocycles. The Balaban J connectivity index is 2.69. The van der Waals surface area contributed by atoms with Gasteiger partial charge in [0.05, 0.1) is 11.2 Å². The molecule has 0 fully saturated rings. The lowest BCUT2D eigenvalue weighted by Crippen LogP contribution is -2.06. The lowest BCUT2D eigenvalue weighted by atomic mass is 9.99. The number of rotatable bonds is 2. The Bertz CT molecular complexity index is 475. The standard InChI is InChI=1S/C13H16N2/c1-9(2)11-7-10-5-3-4-6-12(10)15-13(11)8-14/h3-7,9H,8,14H2,1-2H3. The molecule has 1 aromatic heterocycles. The van der Waals surface area contributed by atoms with Crippen LogP contribution < -0.4 is 5.73 Å². The largest absolute Gasteiger partial charge is 0.325 e. The van der Waals surface area contributed by atoms with Crippen molar-refractivity contribution in [3.8, 4) is 0 Å². The van der Waals surface area contributed by atoms with Crippen LogP contribution in [-0.2, 0) is 6.54 Å². The molecule has 2 nitrogen and oxygen atoms in total. The zero-order chi connectivity index (χ0) is 10.8. The molecule has 0 bridgehead atoms. The first kappa shape index (κ1) is 10.1. The van der Waals surface area contributed by atoms with Crippen LogP contribution in [-0.4, -0.2) is 4.98 Å². The summed E-state index contributed by atoms with van der Waals surface area (Å²) in [5.41, 5.74) is 9.02. The maximum Gasteiger partial charge on any atom is 0.0706 e. The second kappa shape index (κ2) is 3.99. The van der Waals surface area contributed by atoms with Crippen LogP contribution in [0, 0.1) is 0 Å². The summed E-state index contributed by atoms with van der Waals surface area (Å²) in [6.45, 7) is 4.86. The summed E-state index contributed by atoms with van der Waals surface area (Å²) in [5.74, 6) is 0.473. The highest BCUT2D eigenvalue weighted by Crippen LogP contribution is 2.22. The Morgan fingerprint density at radius 3 is 2.67 bits per heavy atom. The van der Waals surface area contributed by atoms with Gasteiger partial charge in [-0.05, 0) is 23.6 Å². The van der Waals surface area contributed by atoms with Gasteiger partial charge in [0, 0.05) is 11.9 Å². The quantitative estimate of drug-likeness (QED) is 0.809. The summed E-state index contributed by atoms with van der Waals surface area (Å²) < 4.78 is 0. The summed E-state index contributed by atoms with van der Waals surface area (Å²) in [5, 5.41) is 1.19. The fourth-order valence-corrected chi connectivity index (χ4v) is 1.84. The monoisotopic (exact) mass is 200 g/mol. The summed E-state index contributed by atoms with van der Waals surface area (Å²) >= 11 is 0. The van der Waals surface area contributed by atoms with Gasteiger partial charge in [0.1, 0.15) is 0 Å². The summed E-state index contributed by atoms with van der Waals surface area (Å²) in [6, 6.07) is 10.4. The number of hydrogen-bond donors (Lipinski definition) is 1. The molecule has 2 rings (SSSR count). The van der Waals surface area contributed by atoms with Crippen LogP contribution in [0.1, 0.15) is 31.0 Å². The molecule has 15 heavy (non-hydrogen) atoms. The SMILES string of the molecule is CC(C)c1cc2ccccc2nc1CN. The highest BCUT2D eigenvalue weighted by Gasteiger charge is 2.08. The van der Waals surface area contributed by atoms with Crippen molar-refractivity contribution in [3.05, 3.63) is 41.6 Å². The Morgan fingerprint density at radius 1 is 1.27 bits per heavy atom. The Kier molecular flexibility index (Phi) is 2.69. The smallest absolute Gasteiger partial charge is 0.0706 e. The molecular weight excluding hydrogens is 184 g/mol. The molecular formula is C13H16N2. The minimum Gasteiger partial charge on any atom is -0.325 e. The van der Waals surface area contributed by atoms with Crippen molar-refractivity contribution in [1.29, 1.82) is 0 Å². The van der Waals surface area contributed by atoms with E-state index in [4.69, 9.17) is 5.73 Å². The number of benzene rings is 1. The molecule has 0 saturated carbocycles. The van der Waals surface area contributed by atoms with E-state index in [1.54, 1.807) is 0 Å². The van der Waals surface area contributed by atoms with Gasteiger partial charge in [-0.15, -0.1) is 0 Å². The van der Waals surface area contributed by atoms with Gasteiger partial charge in [0.2, 0.25) is 0 Å². The fourth-order valence-electron chi connectivity index (χ4n) is 1.84. The summed E-state index contributed by atoms with van der Waals surface area (Å²) in [6.07, 6.45) is 0. The zero-order valence-electron chi connectivity index (χ0n) is 9.20. The van der Waals surface area contributed by atoms with Crippen LogP contribution in [0.5, 0.6) is 0 Å². The second-order valence-corrected chi connectivity index (χ2v) is 4.08. The van der Waals surface area contributed by atoms with Crippen LogP contribution in [0.4, 0.5) is 0 Å². The van der Waals surface area contributed by atoms with E-state index in [2.05, 4.69) is 31.0 Å². The third kappa shape index (κ3) is 1.85. The molecule has 2 aromatic rings. The molecule has 0 aliphatic rings. The van der Waals surface area contributed by atoms with Gasteiger partial charge in [0.25, 0.3) is 0 Å². The van der Waals surface area contributed by atoms with Gasteiger partial charge >= 0.3 is 0 Å². The maximum absolute atomic E-state index is 5.72. The van der Waals surface area contributed by atoms with Crippen molar-refractivity contribution in [2.75, 3.05) is 0 Å². The lowest BCUT2D eigenvalue weighted by molar-refractivity contribution is 0.824. The molecule has 0 radical (unpaired) electrons. The van der Waals surface area contributed by atoms with E-state index < -0.39 is 0 Å². The number of nitrogens with zero attached hydrogens (tertiary/aromatic N) is 1. The molecule has 0 amide bonds. The molecule has 0 spiro atoms. The molecule has 0 saturated heterocycles. The predicted molar refractivity (Wildman–Crippen MR) is 63.7 cm³/mol. The molecule has 1 aromatic carbocycles. The number of aromatic nitrogens is 1. The molecule has 1 heterocycles. The van der Waals surface area contributed by atoms with Crippen LogP contribution in [0.15, 0.2) is 30.3 Å². The first-order valence-corrected chi connectivity index (χ1v) is 5.31. The average molecular weight is 200 g/mol. The molecule has 2 N–H and O–H groups in total. The van der Waals surface area contributed by atoms with Gasteiger partial charge in [-0.3, -0.25) is 4.98 Å². The maximum atomic E-state index is 5.72. The van der Waals surface area contributed by atoms with E-state index in [1.165, 1.54) is 10.9 Å². The minimum atomic E-state index is 0.473. The minimum absolute atomic E-state index is 0.473. The third-order valence-electron chi connectivity index (χ3n) is 2.65. The van der Waals surface area contributed by atoms with Crippen molar-refractivity contribution < 1.29 is 0 Å². The Hall–Kier alpha value is -1.41. The number of nitrogens with two attached hydrogens (primary N) is 1. The van der Waals surface area contributed by atoms with E-state index in [0.717, 1.165) is 11.2 Å². The predicted octanol–water partition coefficient (Wildman–Crippen LogP) is 2.82. The van der Waals surface area contributed by atoms with E-state index in [0.29, 0.717) is 12.5 Å². The molecule has 78 valence electrons. The van der Waals surface area contributed by atoms with Crippen molar-refractivity contribution in [2.24, 2.45) is 5.73 Å². The number of para-hydroxylation sites is 1. The molecule has 0 atom stereocenters. The Labute approximate surface area is 90.1 Å². The highest BCUT2D eigenvalue weighted by molar-refractivity contribution is 5.79. The molecule has 0 unspecified atom stereocenters. The first-order chi connectivity index (χ1) is 7.22. The summed E-state index contributed by atoms with van der Waals surface area (Å²) in [7, 11) is 0. The van der Waals surface area contributed by atoms with Crippen molar-refractivity contribution in [2.45, 2.75) is 26.3 Å². The Morgan fingerprint density at radius 2 is 2.00 bits per heavy atom. The molecule has 2 heteroatoms. The van der Waals surface area contributed by atoms with Gasteiger partial charge in [-0.2, -0.15) is 0 Å². The van der Waals surface area contributed by atoms with Gasteiger partial charge < -0.3 is 5.73 Å². The van der Waals surface area contributed by atoms with Crippen molar-refractivity contribution >= 4 is 10.9 Å². The van der Waals surface area contributed by atoms with E-state index >= 15 is 0 Å². The average Bonchev–Trinajstić information content (AvgIpc) is 2.27. The van der Waals surface area contributed by atoms with E-state index in [-0.39, 0.29) is 0 Å². The van der Waals surface area contributed by atoms with Gasteiger partial charge in [-0.25, -0.2) is 0 Å². The zero-order valence-corrected chi connectivity index (χ0v) is 9.20. The van der Waals surface area contributed by atoms with Crippen LogP contribution in [0.25, 0.3) is 10.9 Å². The highest BCUT2D eigenvalue weighted by atomic mass is 14.7. The second-order valence-electron chi connectivity index (χ2n) is 4.08. The van der Waals surface area contributed by atoms with Crippen molar-refractivity contribution in [3.63, 3.8) is 0 Å². The lowest BCUT2D eigenvalue weighted by Gasteiger charge is -2.11. The van der Waals surface area contributed by atoms with Gasteiger partial charge in [-0.1, -0.05) is 32.0 Å². The van der Waals surface area contributed by atoms with Crippen molar-refractivity contribution in [1.82, 2.24) is 4.98 Å². The fraction of sp³-hybridized carbons (Fsp3) is 0.308. The van der Waals surface area contributed by atoms with E-state index in [1.807, 2.05) is 18.2 Å². The third-order valence-corrected chi connectivity index (χ3v) is 2.65. The van der Waals surface area contributed by atoms with Crippen LogP contribution >= 0.6 is 0 Å². The van der Waals surface area contributed by atoms with E-state index in [9.17, 15) is 0 Å². The number of fused-ring (bicyclic) bond motifs is 1.